The first kappa shape index (κ1) is 32.5. The standard InChI is InChI=1S/C35H33NO14/c1-11-5-17(40)22-24-19(11)29(44)25-31(50-13(3)38)34(24,10-49-33(22)46)30-26(41)14-7-36(15-9-48-18(8-37)28(43)27(15)42)32(45)21-16(39)6-12(2)23(20(14)21)35(25,30)47-4/h5-7,15,18,25,27-28,30-31,37,39-40,42-43H,8-10H2,1-4H3/t15-,18+,25-,27+,28+,30+,31-,34-,35+/m0/s1. The summed E-state index contributed by atoms with van der Waals surface area (Å²) in [7, 11) is 1.28. The van der Waals surface area contributed by atoms with Gasteiger partial charge >= 0.3 is 11.9 Å². The minimum Gasteiger partial charge on any atom is -0.507 e. The molecule has 1 aromatic heterocycles. The number of nitrogens with zero attached hydrogens (tertiary/aromatic N) is 1. The second-order valence-electron chi connectivity index (χ2n) is 13.8. The molecule has 8 rings (SSSR count). The van der Waals surface area contributed by atoms with Gasteiger partial charge in [0.25, 0.3) is 5.56 Å². The van der Waals surface area contributed by atoms with E-state index >= 15 is 4.79 Å². The number of hydrogen-bond donors (Lipinski definition) is 5. The summed E-state index contributed by atoms with van der Waals surface area (Å²) < 4.78 is 24.5. The molecule has 50 heavy (non-hydrogen) atoms. The predicted molar refractivity (Wildman–Crippen MR) is 167 cm³/mol. The van der Waals surface area contributed by atoms with E-state index in [-0.39, 0.29) is 45.2 Å². The van der Waals surface area contributed by atoms with Gasteiger partial charge in [0.1, 0.15) is 53.7 Å². The maximum Gasteiger partial charge on any atom is 0.342 e. The summed E-state index contributed by atoms with van der Waals surface area (Å²) in [5.41, 5.74) is -4.23. The number of Topliss-reactive ketones (excluding diaryl/α,β-unsaturated/α-hetero) is 2. The van der Waals surface area contributed by atoms with Crippen molar-refractivity contribution >= 4 is 34.3 Å². The molecule has 2 fully saturated rings. The average molecular weight is 692 g/mol. The van der Waals surface area contributed by atoms with Gasteiger partial charge in [0.05, 0.1) is 41.9 Å². The van der Waals surface area contributed by atoms with Gasteiger partial charge in [-0.1, -0.05) is 0 Å². The van der Waals surface area contributed by atoms with Gasteiger partial charge in [0.2, 0.25) is 0 Å². The number of aromatic nitrogens is 1. The fourth-order valence-corrected chi connectivity index (χ4v) is 9.78. The quantitative estimate of drug-likeness (QED) is 0.231. The molecule has 1 saturated carbocycles. The van der Waals surface area contributed by atoms with E-state index in [2.05, 4.69) is 0 Å². The van der Waals surface area contributed by atoms with Crippen molar-refractivity contribution in [3.8, 4) is 11.5 Å². The number of cyclic esters (lactones) is 1. The van der Waals surface area contributed by atoms with Crippen LogP contribution in [-0.2, 0) is 34.8 Å². The van der Waals surface area contributed by atoms with Crippen molar-refractivity contribution in [2.24, 2.45) is 11.8 Å². The zero-order valence-electron chi connectivity index (χ0n) is 27.3. The SMILES string of the molecule is CO[C@@]12c3c(C)cc(O)c4c(=O)n([C@H]5CO[C@H](CO)[C@@H](O)[C@@H]5O)cc(c34)C(=O)[C@@H]1[C@]13COC(=O)c4c(O)cc(C)c(c41)C(=O)[C@H]2[C@@H]3OC(C)=O. The second kappa shape index (κ2) is 10.4. The smallest absolute Gasteiger partial charge is 0.342 e. The summed E-state index contributed by atoms with van der Waals surface area (Å²) in [5.74, 6) is -7.02. The maximum atomic E-state index is 15.4. The van der Waals surface area contributed by atoms with E-state index in [0.717, 1.165) is 11.5 Å². The Morgan fingerprint density at radius 2 is 1.68 bits per heavy atom. The van der Waals surface area contributed by atoms with Crippen LogP contribution in [0.4, 0.5) is 0 Å². The van der Waals surface area contributed by atoms with Crippen molar-refractivity contribution < 1.29 is 63.7 Å². The van der Waals surface area contributed by atoms with Crippen LogP contribution in [0, 0.1) is 25.7 Å². The van der Waals surface area contributed by atoms with Crippen LogP contribution in [0.1, 0.15) is 66.3 Å². The van der Waals surface area contributed by atoms with E-state index in [1.165, 1.54) is 25.4 Å². The number of pyridine rings is 1. The molecule has 262 valence electrons. The molecule has 2 aromatic carbocycles. The number of ether oxygens (including phenoxy) is 4. The van der Waals surface area contributed by atoms with Crippen LogP contribution in [0.25, 0.3) is 10.8 Å². The van der Waals surface area contributed by atoms with Gasteiger partial charge in [0, 0.05) is 36.7 Å². The lowest BCUT2D eigenvalue weighted by molar-refractivity contribution is -0.170. The van der Waals surface area contributed by atoms with Crippen LogP contribution in [0.5, 0.6) is 11.5 Å². The summed E-state index contributed by atoms with van der Waals surface area (Å²) in [5, 5.41) is 53.4. The molecule has 1 spiro atoms. The Morgan fingerprint density at radius 3 is 2.34 bits per heavy atom. The summed E-state index contributed by atoms with van der Waals surface area (Å²) >= 11 is 0. The summed E-state index contributed by atoms with van der Waals surface area (Å²) in [6, 6.07) is 1.26. The maximum absolute atomic E-state index is 15.4. The van der Waals surface area contributed by atoms with Gasteiger partial charge in [-0.15, -0.1) is 0 Å². The zero-order chi connectivity index (χ0) is 35.9. The molecule has 0 radical (unpaired) electrons. The largest absolute Gasteiger partial charge is 0.507 e. The van der Waals surface area contributed by atoms with Gasteiger partial charge in [0.15, 0.2) is 11.6 Å². The zero-order valence-corrected chi connectivity index (χ0v) is 27.3. The summed E-state index contributed by atoms with van der Waals surface area (Å²) in [6.45, 7) is 2.79. The van der Waals surface area contributed by atoms with Crippen LogP contribution < -0.4 is 5.56 Å². The van der Waals surface area contributed by atoms with Gasteiger partial charge < -0.3 is 49.0 Å². The molecular formula is C35H33NO14. The number of aromatic hydroxyl groups is 2. The number of methoxy groups -OCH3 is 1. The third-order valence-electron chi connectivity index (χ3n) is 11.5. The molecule has 15 heteroatoms. The normalized spacial score (nSPS) is 33.6. The molecule has 2 aliphatic heterocycles. The number of hydrogen-bond acceptors (Lipinski definition) is 14. The van der Waals surface area contributed by atoms with Crippen LogP contribution in [-0.4, -0.2) is 105 Å². The Morgan fingerprint density at radius 1 is 0.980 bits per heavy atom. The van der Waals surface area contributed by atoms with Crippen LogP contribution in [0.3, 0.4) is 0 Å². The van der Waals surface area contributed by atoms with Crippen LogP contribution >= 0.6 is 0 Å². The van der Waals surface area contributed by atoms with E-state index in [4.69, 9.17) is 18.9 Å². The Kier molecular flexibility index (Phi) is 6.79. The van der Waals surface area contributed by atoms with Gasteiger partial charge in [-0.2, -0.15) is 0 Å². The van der Waals surface area contributed by atoms with Crippen LogP contribution in [0.2, 0.25) is 0 Å². The molecule has 9 atom stereocenters. The highest BCUT2D eigenvalue weighted by Gasteiger charge is 2.80. The van der Waals surface area contributed by atoms with Crippen molar-refractivity contribution in [3.63, 3.8) is 0 Å². The lowest BCUT2D eigenvalue weighted by Gasteiger charge is -2.47. The fourth-order valence-electron chi connectivity index (χ4n) is 9.78. The molecule has 5 N–H and O–H groups in total. The van der Waals surface area contributed by atoms with Crippen LogP contribution in [0.15, 0.2) is 23.1 Å². The second-order valence-corrected chi connectivity index (χ2v) is 13.8. The number of carbonyl (C=O) groups excluding carboxylic acids is 4. The summed E-state index contributed by atoms with van der Waals surface area (Å²) in [4.78, 5) is 70.7. The number of rotatable bonds is 4. The minimum atomic E-state index is -1.96. The van der Waals surface area contributed by atoms with Crippen molar-refractivity contribution in [2.75, 3.05) is 26.9 Å². The summed E-state index contributed by atoms with van der Waals surface area (Å²) in [6.07, 6.45) is -4.66. The lowest BCUT2D eigenvalue weighted by atomic mass is 9.59. The van der Waals surface area contributed by atoms with E-state index < -0.39 is 107 Å². The third kappa shape index (κ3) is 3.58. The molecule has 3 aromatic rings. The van der Waals surface area contributed by atoms with Crippen molar-refractivity contribution in [3.05, 3.63) is 67.6 Å². The van der Waals surface area contributed by atoms with Crippen molar-refractivity contribution in [1.29, 1.82) is 0 Å². The first-order valence-corrected chi connectivity index (χ1v) is 16.0. The number of esters is 2. The van der Waals surface area contributed by atoms with Gasteiger partial charge in [-0.3, -0.25) is 19.2 Å². The molecule has 1 saturated heterocycles. The Hall–Kier alpha value is -4.67. The topological polar surface area (TPSA) is 228 Å². The number of aryl methyl sites for hydroxylation is 2. The van der Waals surface area contributed by atoms with Gasteiger partial charge in [-0.05, 0) is 48.2 Å². The number of ketones is 2. The first-order valence-electron chi connectivity index (χ1n) is 16.0. The average Bonchev–Trinajstić information content (AvgIpc) is 3.24. The number of phenolic OH excluding ortho intramolecular Hbond substituents is 2. The van der Waals surface area contributed by atoms with E-state index in [1.54, 1.807) is 13.8 Å². The molecule has 15 nitrogen and oxygen atoms in total. The van der Waals surface area contributed by atoms with E-state index in [0.29, 0.717) is 11.1 Å². The molecular weight excluding hydrogens is 658 g/mol. The molecule has 5 aliphatic rings. The number of carbonyl (C=O) groups is 4. The highest BCUT2D eigenvalue weighted by molar-refractivity contribution is 6.19. The third-order valence-corrected chi connectivity index (χ3v) is 11.5. The monoisotopic (exact) mass is 691 g/mol. The van der Waals surface area contributed by atoms with E-state index in [9.17, 15) is 44.7 Å². The number of benzene rings is 2. The molecule has 2 bridgehead atoms. The molecule has 3 aliphatic carbocycles. The van der Waals surface area contributed by atoms with Crippen molar-refractivity contribution in [2.45, 2.75) is 62.2 Å². The molecule has 0 unspecified atom stereocenters. The Balaban J connectivity index is 1.50. The van der Waals surface area contributed by atoms with E-state index in [1.807, 2.05) is 0 Å². The number of phenols is 2. The Bertz CT molecular complexity index is 2170. The highest BCUT2D eigenvalue weighted by atomic mass is 16.6. The predicted octanol–water partition coefficient (Wildman–Crippen LogP) is 0.204. The molecule has 0 amide bonds. The fraction of sp³-hybridized carbons (Fsp3) is 0.457. The number of aliphatic hydroxyl groups is 3. The Labute approximate surface area is 282 Å². The first-order chi connectivity index (χ1) is 23.7. The van der Waals surface area contributed by atoms with Crippen molar-refractivity contribution in [1.82, 2.24) is 4.57 Å². The number of fused-ring (bicyclic) bond motifs is 4. The lowest BCUT2D eigenvalue weighted by Crippen LogP contribution is -2.57. The van der Waals surface area contributed by atoms with Gasteiger partial charge in [-0.25, -0.2) is 4.79 Å². The minimum absolute atomic E-state index is 0.00487. The number of aliphatic hydroxyl groups excluding tert-OH is 3. The highest BCUT2D eigenvalue weighted by Crippen LogP contribution is 2.70. The molecule has 3 heterocycles.